The van der Waals surface area contributed by atoms with Crippen LogP contribution in [0.2, 0.25) is 0 Å². The zero-order chi connectivity index (χ0) is 11.4. The van der Waals surface area contributed by atoms with E-state index in [9.17, 15) is 0 Å². The summed E-state index contributed by atoms with van der Waals surface area (Å²) in [7, 11) is 0. The Morgan fingerprint density at radius 3 is 3.00 bits per heavy atom. The maximum atomic E-state index is 8.63. The number of nitrogens with one attached hydrogen (secondary N) is 1. The fraction of sp³-hybridized carbons (Fsp3) is 0.500. The van der Waals surface area contributed by atoms with Crippen molar-refractivity contribution in [2.75, 3.05) is 11.9 Å². The van der Waals surface area contributed by atoms with E-state index in [0.717, 1.165) is 29.6 Å². The van der Waals surface area contributed by atoms with Gasteiger partial charge in [0, 0.05) is 12.2 Å². The standard InChI is InChI=1S/C14H18N2/c1-2-12-9-13(12)10-16-14-5-3-4-11(8-14)6-7-15/h3-5,8,12-13,16H,2,6,9-10H2,1H3/t12-,13+/m1/s1. The molecule has 0 saturated heterocycles. The molecule has 2 atom stereocenters. The Morgan fingerprint density at radius 1 is 1.44 bits per heavy atom. The van der Waals surface area contributed by atoms with Gasteiger partial charge in [0.15, 0.2) is 0 Å². The van der Waals surface area contributed by atoms with Gasteiger partial charge in [-0.2, -0.15) is 5.26 Å². The Balaban J connectivity index is 1.85. The molecule has 16 heavy (non-hydrogen) atoms. The third kappa shape index (κ3) is 2.76. The van der Waals surface area contributed by atoms with Gasteiger partial charge >= 0.3 is 0 Å². The van der Waals surface area contributed by atoms with Crippen LogP contribution in [0.5, 0.6) is 0 Å². The highest BCUT2D eigenvalue weighted by atomic mass is 14.9. The van der Waals surface area contributed by atoms with Crippen LogP contribution in [0.1, 0.15) is 25.3 Å². The molecule has 0 unspecified atom stereocenters. The van der Waals surface area contributed by atoms with E-state index in [0.29, 0.717) is 6.42 Å². The summed E-state index contributed by atoms with van der Waals surface area (Å²) in [6, 6.07) is 10.3. The van der Waals surface area contributed by atoms with Gasteiger partial charge in [-0.3, -0.25) is 0 Å². The number of hydrogen-bond donors (Lipinski definition) is 1. The van der Waals surface area contributed by atoms with Gasteiger partial charge in [0.25, 0.3) is 0 Å². The third-order valence-electron chi connectivity index (χ3n) is 3.37. The molecule has 0 aliphatic heterocycles. The molecule has 0 amide bonds. The minimum absolute atomic E-state index is 0.497. The summed E-state index contributed by atoms with van der Waals surface area (Å²) >= 11 is 0. The molecule has 2 rings (SSSR count). The molecule has 1 N–H and O–H groups in total. The van der Waals surface area contributed by atoms with Gasteiger partial charge in [-0.15, -0.1) is 0 Å². The molecular formula is C14H18N2. The first-order valence-electron chi connectivity index (χ1n) is 6.03. The van der Waals surface area contributed by atoms with E-state index in [1.807, 2.05) is 12.1 Å². The van der Waals surface area contributed by atoms with Crippen LogP contribution in [-0.4, -0.2) is 6.54 Å². The molecule has 1 fully saturated rings. The number of hydrogen-bond acceptors (Lipinski definition) is 2. The molecular weight excluding hydrogens is 196 g/mol. The second kappa shape index (κ2) is 5.03. The van der Waals surface area contributed by atoms with Crippen molar-refractivity contribution in [2.24, 2.45) is 11.8 Å². The van der Waals surface area contributed by atoms with E-state index in [1.54, 1.807) is 0 Å². The Bertz CT molecular complexity index is 392. The molecule has 0 heterocycles. The normalized spacial score (nSPS) is 22.5. The van der Waals surface area contributed by atoms with Crippen molar-refractivity contribution in [3.8, 4) is 6.07 Å². The molecule has 1 saturated carbocycles. The molecule has 0 aromatic heterocycles. The lowest BCUT2D eigenvalue weighted by molar-refractivity contribution is 0.701. The van der Waals surface area contributed by atoms with Crippen LogP contribution in [0.25, 0.3) is 0 Å². The van der Waals surface area contributed by atoms with Crippen molar-refractivity contribution in [3.63, 3.8) is 0 Å². The van der Waals surface area contributed by atoms with E-state index in [-0.39, 0.29) is 0 Å². The summed E-state index contributed by atoms with van der Waals surface area (Å²) < 4.78 is 0. The zero-order valence-corrected chi connectivity index (χ0v) is 9.74. The molecule has 0 bridgehead atoms. The summed E-state index contributed by atoms with van der Waals surface area (Å²) in [4.78, 5) is 0. The third-order valence-corrected chi connectivity index (χ3v) is 3.37. The Morgan fingerprint density at radius 2 is 2.31 bits per heavy atom. The average molecular weight is 214 g/mol. The second-order valence-electron chi connectivity index (χ2n) is 4.58. The predicted molar refractivity (Wildman–Crippen MR) is 66.1 cm³/mol. The molecule has 1 aliphatic carbocycles. The minimum atomic E-state index is 0.497. The summed E-state index contributed by atoms with van der Waals surface area (Å²) in [5.41, 5.74) is 2.24. The van der Waals surface area contributed by atoms with Gasteiger partial charge in [-0.25, -0.2) is 0 Å². The summed E-state index contributed by atoms with van der Waals surface area (Å²) in [5.74, 6) is 1.81. The molecule has 0 spiro atoms. The first-order chi connectivity index (χ1) is 7.83. The molecule has 2 heteroatoms. The molecule has 1 aromatic rings. The maximum absolute atomic E-state index is 8.63. The Kier molecular flexibility index (Phi) is 3.46. The summed E-state index contributed by atoms with van der Waals surface area (Å²) in [6.07, 6.45) is 3.18. The summed E-state index contributed by atoms with van der Waals surface area (Å²) in [5, 5.41) is 12.1. The van der Waals surface area contributed by atoms with Gasteiger partial charge in [0.1, 0.15) is 0 Å². The Hall–Kier alpha value is -1.49. The van der Waals surface area contributed by atoms with Crippen LogP contribution >= 0.6 is 0 Å². The smallest absolute Gasteiger partial charge is 0.0669 e. The highest BCUT2D eigenvalue weighted by Crippen LogP contribution is 2.40. The van der Waals surface area contributed by atoms with Crippen molar-refractivity contribution < 1.29 is 0 Å². The van der Waals surface area contributed by atoms with E-state index >= 15 is 0 Å². The number of rotatable bonds is 5. The van der Waals surface area contributed by atoms with Crippen LogP contribution in [0.15, 0.2) is 24.3 Å². The first kappa shape index (κ1) is 11.0. The lowest BCUT2D eigenvalue weighted by Gasteiger charge is -2.06. The quantitative estimate of drug-likeness (QED) is 0.817. The SMILES string of the molecule is CC[C@@H]1C[C@H]1CNc1cccc(CC#N)c1. The largest absolute Gasteiger partial charge is 0.385 e. The number of benzene rings is 1. The van der Waals surface area contributed by atoms with Crippen LogP contribution in [0.3, 0.4) is 0 Å². The predicted octanol–water partition coefficient (Wildman–Crippen LogP) is 3.21. The Labute approximate surface area is 97.3 Å². The first-order valence-corrected chi connectivity index (χ1v) is 6.03. The van der Waals surface area contributed by atoms with Gasteiger partial charge in [0.2, 0.25) is 0 Å². The second-order valence-corrected chi connectivity index (χ2v) is 4.58. The van der Waals surface area contributed by atoms with Crippen LogP contribution in [0.4, 0.5) is 5.69 Å². The average Bonchev–Trinajstić information content (AvgIpc) is 3.06. The zero-order valence-electron chi connectivity index (χ0n) is 9.74. The van der Waals surface area contributed by atoms with Crippen molar-refractivity contribution in [3.05, 3.63) is 29.8 Å². The fourth-order valence-corrected chi connectivity index (χ4v) is 2.19. The lowest BCUT2D eigenvalue weighted by Crippen LogP contribution is -2.04. The van der Waals surface area contributed by atoms with E-state index in [2.05, 4.69) is 30.4 Å². The fourth-order valence-electron chi connectivity index (χ4n) is 2.19. The van der Waals surface area contributed by atoms with Crippen LogP contribution < -0.4 is 5.32 Å². The van der Waals surface area contributed by atoms with E-state index in [4.69, 9.17) is 5.26 Å². The molecule has 84 valence electrons. The molecule has 2 nitrogen and oxygen atoms in total. The monoisotopic (exact) mass is 214 g/mol. The van der Waals surface area contributed by atoms with Crippen molar-refractivity contribution >= 4 is 5.69 Å². The van der Waals surface area contributed by atoms with Crippen molar-refractivity contribution in [1.29, 1.82) is 5.26 Å². The lowest BCUT2D eigenvalue weighted by atomic mass is 10.1. The van der Waals surface area contributed by atoms with Gasteiger partial charge < -0.3 is 5.32 Å². The highest BCUT2D eigenvalue weighted by Gasteiger charge is 2.34. The summed E-state index contributed by atoms with van der Waals surface area (Å²) in [6.45, 7) is 3.34. The maximum Gasteiger partial charge on any atom is 0.0669 e. The van der Waals surface area contributed by atoms with Crippen molar-refractivity contribution in [1.82, 2.24) is 0 Å². The number of anilines is 1. The van der Waals surface area contributed by atoms with Gasteiger partial charge in [-0.05, 0) is 36.0 Å². The molecule has 1 aliphatic rings. The highest BCUT2D eigenvalue weighted by molar-refractivity contribution is 5.46. The van der Waals surface area contributed by atoms with Crippen LogP contribution in [-0.2, 0) is 6.42 Å². The number of nitriles is 1. The van der Waals surface area contributed by atoms with Crippen LogP contribution in [0, 0.1) is 23.2 Å². The minimum Gasteiger partial charge on any atom is -0.385 e. The van der Waals surface area contributed by atoms with Gasteiger partial charge in [0.05, 0.1) is 12.5 Å². The molecule has 1 aromatic carbocycles. The topological polar surface area (TPSA) is 35.8 Å². The van der Waals surface area contributed by atoms with Crippen molar-refractivity contribution in [2.45, 2.75) is 26.2 Å². The van der Waals surface area contributed by atoms with Gasteiger partial charge in [-0.1, -0.05) is 25.5 Å². The van der Waals surface area contributed by atoms with E-state index in [1.165, 1.54) is 12.8 Å². The number of nitrogens with zero attached hydrogens (tertiary/aromatic N) is 1. The van der Waals surface area contributed by atoms with E-state index < -0.39 is 0 Å². The molecule has 0 radical (unpaired) electrons.